The molecule has 0 bridgehead atoms. The molecule has 0 spiro atoms. The van der Waals surface area contributed by atoms with Crippen molar-refractivity contribution in [1.29, 1.82) is 0 Å². The van der Waals surface area contributed by atoms with E-state index < -0.39 is 18.2 Å². The molecule has 3 unspecified atom stereocenters. The number of aliphatic hydroxyl groups excluding tert-OH is 2. The lowest BCUT2D eigenvalue weighted by Gasteiger charge is -2.24. The van der Waals surface area contributed by atoms with Crippen molar-refractivity contribution < 1.29 is 24.5 Å². The minimum atomic E-state index is -0.779. The van der Waals surface area contributed by atoms with Gasteiger partial charge in [-0.1, -0.05) is 265 Å². The highest BCUT2D eigenvalue weighted by Gasteiger charge is 2.24. The highest BCUT2D eigenvalue weighted by molar-refractivity contribution is 5.77. The van der Waals surface area contributed by atoms with E-state index in [1.807, 2.05) is 0 Å². The first-order chi connectivity index (χ1) is 29.0. The van der Waals surface area contributed by atoms with Crippen LogP contribution in [0.5, 0.6) is 0 Å². The Bertz CT molecular complexity index is 852. The van der Waals surface area contributed by atoms with Gasteiger partial charge in [-0.2, -0.15) is 0 Å². The molecule has 0 fully saturated rings. The van der Waals surface area contributed by atoms with E-state index in [0.29, 0.717) is 19.3 Å². The number of esters is 1. The quantitative estimate of drug-likeness (QED) is 0.0419. The fourth-order valence-corrected chi connectivity index (χ4v) is 8.61. The average Bonchev–Trinajstić information content (AvgIpc) is 3.23. The number of amides is 1. The molecule has 0 aromatic heterocycles. The molecule has 0 aromatic rings. The Balaban J connectivity index is 4.37. The fraction of sp³-hybridized carbons (Fsp3) is 0.962. The molecule has 0 saturated heterocycles. The van der Waals surface area contributed by atoms with Gasteiger partial charge in [0, 0.05) is 6.42 Å². The Hall–Kier alpha value is -1.14. The van der Waals surface area contributed by atoms with E-state index in [2.05, 4.69) is 26.1 Å². The number of nitrogens with one attached hydrogen (secondary N) is 1. The van der Waals surface area contributed by atoms with Gasteiger partial charge in [0.15, 0.2) is 0 Å². The van der Waals surface area contributed by atoms with Crippen LogP contribution in [0.25, 0.3) is 0 Å². The smallest absolute Gasteiger partial charge is 0.306 e. The molecule has 0 rings (SSSR count). The van der Waals surface area contributed by atoms with Gasteiger partial charge in [-0.25, -0.2) is 0 Å². The third-order valence-electron chi connectivity index (χ3n) is 12.7. The van der Waals surface area contributed by atoms with Crippen molar-refractivity contribution in [3.63, 3.8) is 0 Å². The molecule has 0 aliphatic heterocycles. The van der Waals surface area contributed by atoms with Crippen LogP contribution < -0.4 is 5.32 Å². The van der Waals surface area contributed by atoms with Gasteiger partial charge >= 0.3 is 5.97 Å². The van der Waals surface area contributed by atoms with E-state index >= 15 is 0 Å². The zero-order valence-corrected chi connectivity index (χ0v) is 40.2. The normalized spacial score (nSPS) is 13.1. The van der Waals surface area contributed by atoms with Gasteiger partial charge in [-0.05, 0) is 25.7 Å². The van der Waals surface area contributed by atoms with Gasteiger partial charge in [0.25, 0.3) is 0 Å². The first-order valence-corrected chi connectivity index (χ1v) is 26.8. The van der Waals surface area contributed by atoms with Gasteiger partial charge in [0.2, 0.25) is 5.91 Å². The topological polar surface area (TPSA) is 95.9 Å². The molecule has 3 atom stereocenters. The fourth-order valence-electron chi connectivity index (χ4n) is 8.61. The van der Waals surface area contributed by atoms with E-state index in [0.717, 1.165) is 38.5 Å². The van der Waals surface area contributed by atoms with Gasteiger partial charge in [-0.3, -0.25) is 9.59 Å². The number of carbonyl (C=O) groups is 2. The molecule has 6 nitrogen and oxygen atoms in total. The SMILES string of the molecule is CCCCCCCCCCCCCCCCCCC(O)C(CO)NC(=O)CC(CCCCCCCCCCC)OC(=O)CCCCCCCCCCCCCCCCC. The summed E-state index contributed by atoms with van der Waals surface area (Å²) in [6.07, 6.45) is 51.7. The number of carbonyl (C=O) groups excluding carboxylic acids is 2. The van der Waals surface area contributed by atoms with Crippen LogP contribution in [0.15, 0.2) is 0 Å². The van der Waals surface area contributed by atoms with E-state index in [-0.39, 0.29) is 24.9 Å². The molecule has 1 amide bonds. The van der Waals surface area contributed by atoms with Crippen LogP contribution in [-0.4, -0.2) is 46.9 Å². The number of hydrogen-bond donors (Lipinski definition) is 3. The van der Waals surface area contributed by atoms with E-state index in [1.165, 1.54) is 218 Å². The van der Waals surface area contributed by atoms with Crippen molar-refractivity contribution in [2.45, 2.75) is 322 Å². The van der Waals surface area contributed by atoms with Crippen molar-refractivity contribution in [2.24, 2.45) is 0 Å². The van der Waals surface area contributed by atoms with E-state index in [4.69, 9.17) is 4.74 Å². The van der Waals surface area contributed by atoms with Crippen LogP contribution in [-0.2, 0) is 14.3 Å². The maximum atomic E-state index is 13.2. The van der Waals surface area contributed by atoms with Crippen LogP contribution in [0.3, 0.4) is 0 Å². The number of ether oxygens (including phenoxy) is 1. The number of aliphatic hydroxyl groups is 2. The molecule has 0 aromatic carbocycles. The van der Waals surface area contributed by atoms with Crippen molar-refractivity contribution in [3.8, 4) is 0 Å². The third-order valence-corrected chi connectivity index (χ3v) is 12.7. The van der Waals surface area contributed by atoms with Crippen LogP contribution >= 0.6 is 0 Å². The lowest BCUT2D eigenvalue weighted by Crippen LogP contribution is -2.46. The summed E-state index contributed by atoms with van der Waals surface area (Å²) >= 11 is 0. The summed E-state index contributed by atoms with van der Waals surface area (Å²) in [6.45, 7) is 6.51. The lowest BCUT2D eigenvalue weighted by atomic mass is 10.0. The first kappa shape index (κ1) is 57.9. The maximum Gasteiger partial charge on any atom is 0.306 e. The second-order valence-corrected chi connectivity index (χ2v) is 18.6. The largest absolute Gasteiger partial charge is 0.462 e. The molecule has 0 radical (unpaired) electrons. The monoisotopic (exact) mass is 836 g/mol. The van der Waals surface area contributed by atoms with Crippen LogP contribution in [0, 0.1) is 0 Å². The van der Waals surface area contributed by atoms with Crippen molar-refractivity contribution in [2.75, 3.05) is 6.61 Å². The summed E-state index contributed by atoms with van der Waals surface area (Å²) < 4.78 is 5.93. The molecule has 6 heteroatoms. The Labute approximate surface area is 368 Å². The Kier molecular flexibility index (Phi) is 47.0. The van der Waals surface area contributed by atoms with Crippen LogP contribution in [0.4, 0.5) is 0 Å². The second-order valence-electron chi connectivity index (χ2n) is 18.6. The molecule has 0 saturated carbocycles. The highest BCUT2D eigenvalue weighted by Crippen LogP contribution is 2.19. The Morgan fingerprint density at radius 1 is 0.424 bits per heavy atom. The molecule has 0 heterocycles. The lowest BCUT2D eigenvalue weighted by molar-refractivity contribution is -0.151. The predicted molar refractivity (Wildman–Crippen MR) is 255 cm³/mol. The average molecular weight is 836 g/mol. The highest BCUT2D eigenvalue weighted by atomic mass is 16.5. The molecule has 59 heavy (non-hydrogen) atoms. The maximum absolute atomic E-state index is 13.2. The van der Waals surface area contributed by atoms with Crippen LogP contribution in [0.1, 0.15) is 303 Å². The molecular formula is C53H105NO5. The summed E-state index contributed by atoms with van der Waals surface area (Å²) in [6, 6.07) is -0.691. The number of rotatable bonds is 49. The van der Waals surface area contributed by atoms with Gasteiger partial charge in [0.05, 0.1) is 25.2 Å². The molecule has 0 aliphatic rings. The van der Waals surface area contributed by atoms with Crippen LogP contribution in [0.2, 0.25) is 0 Å². The van der Waals surface area contributed by atoms with E-state index in [1.54, 1.807) is 0 Å². The van der Waals surface area contributed by atoms with Gasteiger partial charge < -0.3 is 20.3 Å². The number of hydrogen-bond acceptors (Lipinski definition) is 5. The van der Waals surface area contributed by atoms with Crippen molar-refractivity contribution in [1.82, 2.24) is 5.32 Å². The minimum Gasteiger partial charge on any atom is -0.462 e. The predicted octanol–water partition coefficient (Wildman–Crippen LogP) is 16.0. The van der Waals surface area contributed by atoms with Gasteiger partial charge in [-0.15, -0.1) is 0 Å². The summed E-state index contributed by atoms with van der Waals surface area (Å²) in [7, 11) is 0. The molecule has 3 N–H and O–H groups in total. The van der Waals surface area contributed by atoms with E-state index in [9.17, 15) is 19.8 Å². The first-order valence-electron chi connectivity index (χ1n) is 26.8. The zero-order chi connectivity index (χ0) is 43.1. The second kappa shape index (κ2) is 47.9. The summed E-state index contributed by atoms with van der Waals surface area (Å²) in [5.74, 6) is -0.452. The van der Waals surface area contributed by atoms with Crippen molar-refractivity contribution >= 4 is 11.9 Å². The zero-order valence-electron chi connectivity index (χ0n) is 40.2. The standard InChI is InChI=1S/C53H105NO5/c1-4-7-10-13-16-19-21-23-25-27-28-30-33-36-39-42-45-51(56)50(48-55)54-52(57)47-49(44-41-38-35-32-18-15-12-9-6-3)59-53(58)46-43-40-37-34-31-29-26-24-22-20-17-14-11-8-5-2/h49-51,55-56H,4-48H2,1-3H3,(H,54,57). The Morgan fingerprint density at radius 3 is 1.03 bits per heavy atom. The number of unbranched alkanes of at least 4 members (excludes halogenated alkanes) is 37. The minimum absolute atomic E-state index is 0.0872. The summed E-state index contributed by atoms with van der Waals surface area (Å²) in [5, 5.41) is 23.8. The molecule has 352 valence electrons. The molecular weight excluding hydrogens is 731 g/mol. The summed E-state index contributed by atoms with van der Waals surface area (Å²) in [4.78, 5) is 26.1. The molecule has 0 aliphatic carbocycles. The van der Waals surface area contributed by atoms with Gasteiger partial charge in [0.1, 0.15) is 6.10 Å². The summed E-state index contributed by atoms with van der Waals surface area (Å²) in [5.41, 5.74) is 0. The van der Waals surface area contributed by atoms with Crippen molar-refractivity contribution in [3.05, 3.63) is 0 Å². The Morgan fingerprint density at radius 2 is 0.712 bits per heavy atom. The third kappa shape index (κ3) is 43.3.